The van der Waals surface area contributed by atoms with E-state index in [1.54, 1.807) is 6.20 Å². The Hall–Kier alpha value is -0.990. The van der Waals surface area contributed by atoms with Crippen LogP contribution in [0.5, 0.6) is 0 Å². The normalized spacial score (nSPS) is 11.7. The van der Waals surface area contributed by atoms with Crippen LogP contribution in [0.1, 0.15) is 27.7 Å². The maximum absolute atomic E-state index is 4.22. The first kappa shape index (κ1) is 9.10. The average Bonchev–Trinajstić information content (AvgIpc) is 2.38. The van der Waals surface area contributed by atoms with Crippen molar-refractivity contribution in [2.24, 2.45) is 0 Å². The van der Waals surface area contributed by atoms with Crippen molar-refractivity contribution < 1.29 is 0 Å². The molecule has 1 aromatic rings. The molecule has 0 aliphatic carbocycles. The van der Waals surface area contributed by atoms with Gasteiger partial charge in [0.1, 0.15) is 0 Å². The van der Waals surface area contributed by atoms with Crippen LogP contribution in [0, 0.1) is 0 Å². The minimum atomic E-state index is 0.132. The summed E-state index contributed by atoms with van der Waals surface area (Å²) in [4.78, 5) is 9.56. The Labute approximate surface area is 73.8 Å². The van der Waals surface area contributed by atoms with Gasteiger partial charge in [-0.25, -0.2) is 4.98 Å². The van der Waals surface area contributed by atoms with Gasteiger partial charge in [0.2, 0.25) is 5.95 Å². The van der Waals surface area contributed by atoms with Crippen LogP contribution in [0.3, 0.4) is 0 Å². The quantitative estimate of drug-likeness (QED) is 0.731. The summed E-state index contributed by atoms with van der Waals surface area (Å²) in [6.07, 6.45) is 3.63. The maximum Gasteiger partial charge on any atom is 0.203 e. The highest BCUT2D eigenvalue weighted by Gasteiger charge is 2.21. The Balaban J connectivity index is 2.84. The van der Waals surface area contributed by atoms with Crippen LogP contribution in [0.2, 0.25) is 0 Å². The lowest BCUT2D eigenvalue weighted by atomic mass is 10.1. The van der Waals surface area contributed by atoms with E-state index in [-0.39, 0.29) is 5.54 Å². The van der Waals surface area contributed by atoms with E-state index in [2.05, 4.69) is 42.6 Å². The number of anilines is 1. The molecule has 0 aromatic carbocycles. The SMILES string of the molecule is CCN(c1ncc[nH]1)C(C)(C)C. The molecular weight excluding hydrogens is 150 g/mol. The molecule has 1 rings (SSSR count). The second kappa shape index (κ2) is 3.17. The van der Waals surface area contributed by atoms with E-state index in [1.807, 2.05) is 6.20 Å². The van der Waals surface area contributed by atoms with Gasteiger partial charge in [-0.1, -0.05) is 0 Å². The number of rotatable bonds is 2. The number of nitrogens with one attached hydrogen (secondary N) is 1. The van der Waals surface area contributed by atoms with Crippen LogP contribution in [0.4, 0.5) is 5.95 Å². The van der Waals surface area contributed by atoms with Crippen molar-refractivity contribution >= 4 is 5.95 Å². The second-order valence-corrected chi connectivity index (χ2v) is 3.83. The lowest BCUT2D eigenvalue weighted by Crippen LogP contribution is -2.41. The van der Waals surface area contributed by atoms with E-state index < -0.39 is 0 Å². The van der Waals surface area contributed by atoms with Crippen LogP contribution < -0.4 is 4.90 Å². The molecule has 0 bridgehead atoms. The fraction of sp³-hybridized carbons (Fsp3) is 0.667. The predicted octanol–water partition coefficient (Wildman–Crippen LogP) is 2.03. The zero-order chi connectivity index (χ0) is 9.19. The summed E-state index contributed by atoms with van der Waals surface area (Å²) in [6.45, 7) is 9.64. The number of hydrogen-bond acceptors (Lipinski definition) is 2. The first-order valence-electron chi connectivity index (χ1n) is 4.32. The van der Waals surface area contributed by atoms with Gasteiger partial charge in [-0.05, 0) is 27.7 Å². The minimum Gasteiger partial charge on any atom is -0.338 e. The Bertz CT molecular complexity index is 220. The van der Waals surface area contributed by atoms with E-state index >= 15 is 0 Å². The first-order chi connectivity index (χ1) is 5.55. The summed E-state index contributed by atoms with van der Waals surface area (Å²) in [6, 6.07) is 0. The van der Waals surface area contributed by atoms with Crippen LogP contribution in [0.15, 0.2) is 12.4 Å². The largest absolute Gasteiger partial charge is 0.338 e. The topological polar surface area (TPSA) is 31.9 Å². The van der Waals surface area contributed by atoms with Crippen LogP contribution >= 0.6 is 0 Å². The highest BCUT2D eigenvalue weighted by atomic mass is 15.3. The molecule has 0 fully saturated rings. The van der Waals surface area contributed by atoms with E-state index in [1.165, 1.54) is 0 Å². The second-order valence-electron chi connectivity index (χ2n) is 3.83. The van der Waals surface area contributed by atoms with E-state index in [0.717, 1.165) is 12.5 Å². The molecule has 0 spiro atoms. The zero-order valence-corrected chi connectivity index (χ0v) is 8.26. The van der Waals surface area contributed by atoms with Crippen molar-refractivity contribution in [1.29, 1.82) is 0 Å². The van der Waals surface area contributed by atoms with Crippen LogP contribution in [-0.2, 0) is 0 Å². The summed E-state index contributed by atoms with van der Waals surface area (Å²) in [7, 11) is 0. The smallest absolute Gasteiger partial charge is 0.203 e. The third-order valence-corrected chi connectivity index (χ3v) is 1.87. The molecule has 3 heteroatoms. The van der Waals surface area contributed by atoms with Gasteiger partial charge in [0.05, 0.1) is 0 Å². The molecule has 12 heavy (non-hydrogen) atoms. The van der Waals surface area contributed by atoms with Gasteiger partial charge < -0.3 is 9.88 Å². The molecule has 0 radical (unpaired) electrons. The highest BCUT2D eigenvalue weighted by Crippen LogP contribution is 2.18. The van der Waals surface area contributed by atoms with Crippen molar-refractivity contribution in [2.45, 2.75) is 33.2 Å². The van der Waals surface area contributed by atoms with Gasteiger partial charge in [-0.3, -0.25) is 0 Å². The third-order valence-electron chi connectivity index (χ3n) is 1.87. The first-order valence-corrected chi connectivity index (χ1v) is 4.32. The Morgan fingerprint density at radius 2 is 2.17 bits per heavy atom. The van der Waals surface area contributed by atoms with Crippen molar-refractivity contribution in [2.75, 3.05) is 11.4 Å². The fourth-order valence-corrected chi connectivity index (χ4v) is 1.35. The van der Waals surface area contributed by atoms with Crippen molar-refractivity contribution in [3.05, 3.63) is 12.4 Å². The van der Waals surface area contributed by atoms with Gasteiger partial charge in [-0.2, -0.15) is 0 Å². The Kier molecular flexibility index (Phi) is 2.40. The molecular formula is C9H17N3. The van der Waals surface area contributed by atoms with Crippen molar-refractivity contribution in [3.8, 4) is 0 Å². The summed E-state index contributed by atoms with van der Waals surface area (Å²) in [5.74, 6) is 0.949. The molecule has 1 N–H and O–H groups in total. The lowest BCUT2D eigenvalue weighted by molar-refractivity contribution is 0.504. The Morgan fingerprint density at radius 1 is 1.50 bits per heavy atom. The molecule has 0 saturated carbocycles. The minimum absolute atomic E-state index is 0.132. The van der Waals surface area contributed by atoms with Crippen molar-refractivity contribution in [1.82, 2.24) is 9.97 Å². The number of H-pyrrole nitrogens is 1. The van der Waals surface area contributed by atoms with Crippen molar-refractivity contribution in [3.63, 3.8) is 0 Å². The molecule has 0 aliphatic rings. The molecule has 0 saturated heterocycles. The molecule has 0 atom stereocenters. The predicted molar refractivity (Wildman–Crippen MR) is 51.4 cm³/mol. The third kappa shape index (κ3) is 1.78. The molecule has 0 amide bonds. The number of aromatic amines is 1. The van der Waals surface area contributed by atoms with Gasteiger partial charge in [0.15, 0.2) is 0 Å². The van der Waals surface area contributed by atoms with Gasteiger partial charge >= 0.3 is 0 Å². The summed E-state index contributed by atoms with van der Waals surface area (Å²) in [5.41, 5.74) is 0.132. The number of nitrogens with zero attached hydrogens (tertiary/aromatic N) is 2. The number of hydrogen-bond donors (Lipinski definition) is 1. The highest BCUT2D eigenvalue weighted by molar-refractivity contribution is 5.32. The average molecular weight is 167 g/mol. The summed E-state index contributed by atoms with van der Waals surface area (Å²) >= 11 is 0. The molecule has 1 heterocycles. The molecule has 3 nitrogen and oxygen atoms in total. The van der Waals surface area contributed by atoms with Gasteiger partial charge in [0.25, 0.3) is 0 Å². The van der Waals surface area contributed by atoms with Gasteiger partial charge in [0, 0.05) is 24.5 Å². The molecule has 1 aromatic heterocycles. The van der Waals surface area contributed by atoms with Crippen LogP contribution in [0.25, 0.3) is 0 Å². The van der Waals surface area contributed by atoms with E-state index in [0.29, 0.717) is 0 Å². The van der Waals surface area contributed by atoms with E-state index in [9.17, 15) is 0 Å². The maximum atomic E-state index is 4.22. The standard InChI is InChI=1S/C9H17N3/c1-5-12(9(2,3)4)8-10-6-7-11-8/h6-7H,5H2,1-4H3,(H,10,11). The molecule has 68 valence electrons. The summed E-state index contributed by atoms with van der Waals surface area (Å²) in [5, 5.41) is 0. The molecule has 0 unspecified atom stereocenters. The van der Waals surface area contributed by atoms with Gasteiger partial charge in [-0.15, -0.1) is 0 Å². The Morgan fingerprint density at radius 3 is 2.50 bits per heavy atom. The van der Waals surface area contributed by atoms with Crippen LogP contribution in [-0.4, -0.2) is 22.1 Å². The fourth-order valence-electron chi connectivity index (χ4n) is 1.35. The zero-order valence-electron chi connectivity index (χ0n) is 8.26. The number of aromatic nitrogens is 2. The number of imidazole rings is 1. The van der Waals surface area contributed by atoms with E-state index in [4.69, 9.17) is 0 Å². The monoisotopic (exact) mass is 167 g/mol. The summed E-state index contributed by atoms with van der Waals surface area (Å²) < 4.78 is 0. The lowest BCUT2D eigenvalue weighted by Gasteiger charge is -2.34. The molecule has 0 aliphatic heterocycles.